The molecular formula is C34H35NO8. The maximum Gasteiger partial charge on any atom is 0.342 e. The van der Waals surface area contributed by atoms with Crippen molar-refractivity contribution in [2.45, 2.75) is 59.1 Å². The van der Waals surface area contributed by atoms with Crippen molar-refractivity contribution in [3.8, 4) is 17.2 Å². The number of fused-ring (bicyclic) bond motifs is 1. The third-order valence-electron chi connectivity index (χ3n) is 7.08. The number of ether oxygens (including phenoxy) is 4. The minimum atomic E-state index is -0.659. The minimum Gasteiger partial charge on any atom is -0.496 e. The molecular weight excluding hydrogens is 550 g/mol. The van der Waals surface area contributed by atoms with Crippen molar-refractivity contribution in [3.63, 3.8) is 0 Å². The SMILES string of the molecule is COc1c(C)c2c(c(OC(=O)CCC(=O)NCc3ccccc3)c1C/C=C(\C)CCC(=O)Oc1ccccc1)C(=O)OC2. The van der Waals surface area contributed by atoms with Gasteiger partial charge in [0.2, 0.25) is 5.91 Å². The zero-order chi connectivity index (χ0) is 30.8. The molecule has 43 heavy (non-hydrogen) atoms. The van der Waals surface area contributed by atoms with E-state index in [2.05, 4.69) is 5.32 Å². The second-order valence-electron chi connectivity index (χ2n) is 10.2. The molecule has 0 aliphatic carbocycles. The molecule has 1 N–H and O–H groups in total. The summed E-state index contributed by atoms with van der Waals surface area (Å²) in [5.74, 6) is -0.857. The predicted octanol–water partition coefficient (Wildman–Crippen LogP) is 5.55. The van der Waals surface area contributed by atoms with Crippen LogP contribution in [0.5, 0.6) is 17.2 Å². The van der Waals surface area contributed by atoms with E-state index in [1.165, 1.54) is 7.11 Å². The van der Waals surface area contributed by atoms with E-state index >= 15 is 0 Å². The van der Waals surface area contributed by atoms with Crippen LogP contribution in [0.25, 0.3) is 0 Å². The molecule has 0 fully saturated rings. The van der Waals surface area contributed by atoms with E-state index in [-0.39, 0.29) is 55.5 Å². The van der Waals surface area contributed by atoms with E-state index in [9.17, 15) is 19.2 Å². The Morgan fingerprint density at radius 2 is 1.53 bits per heavy atom. The van der Waals surface area contributed by atoms with Gasteiger partial charge in [0.05, 0.1) is 13.5 Å². The molecule has 0 atom stereocenters. The first-order chi connectivity index (χ1) is 20.8. The highest BCUT2D eigenvalue weighted by atomic mass is 16.6. The fourth-order valence-electron chi connectivity index (χ4n) is 4.74. The summed E-state index contributed by atoms with van der Waals surface area (Å²) in [7, 11) is 1.51. The van der Waals surface area contributed by atoms with Gasteiger partial charge in [0.1, 0.15) is 23.7 Å². The molecule has 3 aromatic rings. The number of nitrogens with one attached hydrogen (secondary N) is 1. The maximum atomic E-state index is 12.9. The number of rotatable bonds is 13. The van der Waals surface area contributed by atoms with Crippen LogP contribution in [0, 0.1) is 6.92 Å². The average Bonchev–Trinajstić information content (AvgIpc) is 3.41. The summed E-state index contributed by atoms with van der Waals surface area (Å²) in [6.07, 6.45) is 2.54. The van der Waals surface area contributed by atoms with Gasteiger partial charge in [0.15, 0.2) is 5.75 Å². The van der Waals surface area contributed by atoms with Gasteiger partial charge in [-0.15, -0.1) is 0 Å². The van der Waals surface area contributed by atoms with Crippen LogP contribution in [0.3, 0.4) is 0 Å². The van der Waals surface area contributed by atoms with E-state index in [0.29, 0.717) is 35.6 Å². The molecule has 3 aromatic carbocycles. The zero-order valence-corrected chi connectivity index (χ0v) is 24.6. The molecule has 1 heterocycles. The van der Waals surface area contributed by atoms with Crippen molar-refractivity contribution >= 4 is 23.8 Å². The summed E-state index contributed by atoms with van der Waals surface area (Å²) in [4.78, 5) is 50.3. The molecule has 0 aromatic heterocycles. The molecule has 1 amide bonds. The molecule has 0 unspecified atom stereocenters. The van der Waals surface area contributed by atoms with E-state index in [0.717, 1.165) is 16.7 Å². The molecule has 0 saturated heterocycles. The van der Waals surface area contributed by atoms with E-state index in [4.69, 9.17) is 18.9 Å². The number of cyclic esters (lactones) is 1. The number of para-hydroxylation sites is 1. The third kappa shape index (κ3) is 8.31. The predicted molar refractivity (Wildman–Crippen MR) is 159 cm³/mol. The molecule has 9 heteroatoms. The minimum absolute atomic E-state index is 0.0431. The number of esters is 3. The van der Waals surface area contributed by atoms with E-state index < -0.39 is 11.9 Å². The summed E-state index contributed by atoms with van der Waals surface area (Å²) < 4.78 is 22.1. The molecule has 0 bridgehead atoms. The van der Waals surface area contributed by atoms with Crippen molar-refractivity contribution in [3.05, 3.63) is 100 Å². The van der Waals surface area contributed by atoms with Gasteiger partial charge in [-0.05, 0) is 49.9 Å². The van der Waals surface area contributed by atoms with Gasteiger partial charge in [-0.25, -0.2) is 4.79 Å². The van der Waals surface area contributed by atoms with Gasteiger partial charge in [0, 0.05) is 30.5 Å². The molecule has 9 nitrogen and oxygen atoms in total. The quantitative estimate of drug-likeness (QED) is 0.158. The molecule has 0 radical (unpaired) electrons. The molecule has 0 spiro atoms. The van der Waals surface area contributed by atoms with Gasteiger partial charge >= 0.3 is 17.9 Å². The lowest BCUT2D eigenvalue weighted by atomic mass is 9.94. The molecule has 224 valence electrons. The van der Waals surface area contributed by atoms with Gasteiger partial charge in [0.25, 0.3) is 0 Å². The molecule has 1 aliphatic heterocycles. The smallest absolute Gasteiger partial charge is 0.342 e. The molecule has 0 saturated carbocycles. The zero-order valence-electron chi connectivity index (χ0n) is 24.6. The Morgan fingerprint density at radius 1 is 0.884 bits per heavy atom. The summed E-state index contributed by atoms with van der Waals surface area (Å²) in [6.45, 7) is 4.10. The Balaban J connectivity index is 1.45. The number of benzene rings is 3. The number of carbonyl (C=O) groups excluding carboxylic acids is 4. The highest BCUT2D eigenvalue weighted by molar-refractivity contribution is 5.99. The summed E-state index contributed by atoms with van der Waals surface area (Å²) in [5, 5.41) is 2.79. The van der Waals surface area contributed by atoms with Crippen LogP contribution in [0.2, 0.25) is 0 Å². The topological polar surface area (TPSA) is 117 Å². The second kappa shape index (κ2) is 14.8. The van der Waals surface area contributed by atoms with Gasteiger partial charge in [-0.2, -0.15) is 0 Å². The Kier molecular flexibility index (Phi) is 10.7. The number of carbonyl (C=O) groups is 4. The number of methoxy groups -OCH3 is 1. The van der Waals surface area contributed by atoms with Crippen molar-refractivity contribution in [1.82, 2.24) is 5.32 Å². The standard InChI is InChI=1S/C34H35NO8/c1-22(15-18-29(37)42-25-12-8-5-9-13-25)14-16-26-32(40-3)23(2)27-21-41-34(39)31(27)33(26)43-30(38)19-17-28(36)35-20-24-10-6-4-7-11-24/h4-14H,15-21H2,1-3H3,(H,35,36)/b22-14+. The van der Waals surface area contributed by atoms with Gasteiger partial charge in [-0.1, -0.05) is 60.2 Å². The van der Waals surface area contributed by atoms with E-state index in [1.807, 2.05) is 56.3 Å². The van der Waals surface area contributed by atoms with Crippen LogP contribution < -0.4 is 19.5 Å². The monoisotopic (exact) mass is 585 g/mol. The van der Waals surface area contributed by atoms with Crippen LogP contribution in [0.15, 0.2) is 72.3 Å². The summed E-state index contributed by atoms with van der Waals surface area (Å²) in [5.41, 5.74) is 3.85. The average molecular weight is 586 g/mol. The fraction of sp³-hybridized carbons (Fsp3) is 0.294. The maximum absolute atomic E-state index is 12.9. The normalized spacial score (nSPS) is 12.3. The number of amides is 1. The van der Waals surface area contributed by atoms with Crippen LogP contribution in [0.1, 0.15) is 65.2 Å². The van der Waals surface area contributed by atoms with Crippen molar-refractivity contribution in [2.75, 3.05) is 7.11 Å². The fourth-order valence-corrected chi connectivity index (χ4v) is 4.74. The third-order valence-corrected chi connectivity index (χ3v) is 7.08. The van der Waals surface area contributed by atoms with Crippen molar-refractivity contribution < 1.29 is 38.1 Å². The van der Waals surface area contributed by atoms with Crippen LogP contribution in [-0.2, 0) is 38.7 Å². The lowest BCUT2D eigenvalue weighted by Gasteiger charge is -2.19. The van der Waals surface area contributed by atoms with Crippen LogP contribution in [-0.4, -0.2) is 30.9 Å². The Bertz CT molecular complexity index is 1510. The molecule has 4 rings (SSSR count). The summed E-state index contributed by atoms with van der Waals surface area (Å²) >= 11 is 0. The van der Waals surface area contributed by atoms with Crippen molar-refractivity contribution in [2.24, 2.45) is 0 Å². The number of allylic oxidation sites excluding steroid dienone is 2. The first-order valence-corrected chi connectivity index (χ1v) is 14.1. The second-order valence-corrected chi connectivity index (χ2v) is 10.2. The largest absolute Gasteiger partial charge is 0.496 e. The van der Waals surface area contributed by atoms with Crippen LogP contribution in [0.4, 0.5) is 0 Å². The van der Waals surface area contributed by atoms with Crippen LogP contribution >= 0.6 is 0 Å². The van der Waals surface area contributed by atoms with Gasteiger partial charge < -0.3 is 24.3 Å². The molecule has 1 aliphatic rings. The Labute approximate surface area is 250 Å². The lowest BCUT2D eigenvalue weighted by molar-refractivity contribution is -0.136. The first-order valence-electron chi connectivity index (χ1n) is 14.1. The Hall–Kier alpha value is -4.92. The van der Waals surface area contributed by atoms with Gasteiger partial charge in [-0.3, -0.25) is 14.4 Å². The lowest BCUT2D eigenvalue weighted by Crippen LogP contribution is -2.24. The highest BCUT2D eigenvalue weighted by Crippen LogP contribution is 2.43. The van der Waals surface area contributed by atoms with Crippen molar-refractivity contribution in [1.29, 1.82) is 0 Å². The Morgan fingerprint density at radius 3 is 2.23 bits per heavy atom. The number of hydrogen-bond donors (Lipinski definition) is 1. The summed E-state index contributed by atoms with van der Waals surface area (Å²) in [6, 6.07) is 18.3. The van der Waals surface area contributed by atoms with E-state index in [1.54, 1.807) is 24.3 Å². The number of hydrogen-bond acceptors (Lipinski definition) is 8. The highest BCUT2D eigenvalue weighted by Gasteiger charge is 2.34. The first kappa shape index (κ1) is 31.0.